The number of anilines is 1. The number of carbonyl (C=O) groups is 2. The molecule has 42 heavy (non-hydrogen) atoms. The fraction of sp³-hybridized carbons (Fsp3) is 0.375. The highest BCUT2D eigenvalue weighted by atomic mass is 35.5. The van der Waals surface area contributed by atoms with Crippen molar-refractivity contribution < 1.29 is 18.0 Å². The van der Waals surface area contributed by atoms with Crippen LogP contribution >= 0.6 is 23.2 Å². The Morgan fingerprint density at radius 1 is 0.952 bits per heavy atom. The summed E-state index contributed by atoms with van der Waals surface area (Å²) in [6, 6.07) is 21.0. The van der Waals surface area contributed by atoms with E-state index in [1.54, 1.807) is 42.2 Å². The van der Waals surface area contributed by atoms with Gasteiger partial charge in [0.1, 0.15) is 6.04 Å². The molecule has 3 aromatic rings. The molecule has 0 radical (unpaired) electrons. The molecule has 0 spiro atoms. The van der Waals surface area contributed by atoms with Gasteiger partial charge in [0.25, 0.3) is 0 Å². The number of halogens is 2. The predicted octanol–water partition coefficient (Wildman–Crippen LogP) is 6.40. The summed E-state index contributed by atoms with van der Waals surface area (Å²) in [5, 5.41) is 4.04. The van der Waals surface area contributed by atoms with E-state index in [9.17, 15) is 18.0 Å². The zero-order valence-corrected chi connectivity index (χ0v) is 26.8. The van der Waals surface area contributed by atoms with Crippen LogP contribution in [0.2, 0.25) is 10.0 Å². The lowest BCUT2D eigenvalue weighted by atomic mass is 10.0. The van der Waals surface area contributed by atoms with Gasteiger partial charge in [-0.05, 0) is 67.6 Å². The minimum absolute atomic E-state index is 0.0358. The summed E-state index contributed by atoms with van der Waals surface area (Å²) in [5.74, 6) is -0.498. The topological polar surface area (TPSA) is 86.8 Å². The van der Waals surface area contributed by atoms with E-state index < -0.39 is 16.1 Å². The first kappa shape index (κ1) is 33.4. The number of nitrogens with one attached hydrogen (secondary N) is 1. The third-order valence-corrected chi connectivity index (χ3v) is 9.00. The van der Waals surface area contributed by atoms with Crippen LogP contribution in [0.5, 0.6) is 0 Å². The van der Waals surface area contributed by atoms with Crippen LogP contribution < -0.4 is 9.62 Å². The van der Waals surface area contributed by atoms with E-state index in [2.05, 4.69) is 5.32 Å². The Balaban J connectivity index is 1.91. The van der Waals surface area contributed by atoms with Crippen molar-refractivity contribution in [3.8, 4) is 0 Å². The maximum Gasteiger partial charge on any atom is 0.243 e. The van der Waals surface area contributed by atoms with Gasteiger partial charge in [0, 0.05) is 42.0 Å². The van der Waals surface area contributed by atoms with Gasteiger partial charge in [-0.3, -0.25) is 13.9 Å². The maximum atomic E-state index is 13.9. The van der Waals surface area contributed by atoms with Crippen LogP contribution in [0.15, 0.2) is 72.8 Å². The maximum absolute atomic E-state index is 13.9. The molecule has 0 aromatic heterocycles. The summed E-state index contributed by atoms with van der Waals surface area (Å²) in [6.45, 7) is 5.93. The third kappa shape index (κ3) is 9.48. The van der Waals surface area contributed by atoms with Crippen molar-refractivity contribution in [3.63, 3.8) is 0 Å². The molecule has 1 N–H and O–H groups in total. The zero-order chi connectivity index (χ0) is 30.9. The number of rotatable bonds is 14. The van der Waals surface area contributed by atoms with Crippen molar-refractivity contribution >= 4 is 50.7 Å². The highest BCUT2D eigenvalue weighted by Gasteiger charge is 2.31. The van der Waals surface area contributed by atoms with Gasteiger partial charge in [-0.1, -0.05) is 78.7 Å². The molecule has 0 heterocycles. The molecular formula is C32H39Cl2N3O4S. The number of hydrogen-bond donors (Lipinski definition) is 1. The monoisotopic (exact) mass is 631 g/mol. The van der Waals surface area contributed by atoms with Gasteiger partial charge in [-0.2, -0.15) is 0 Å². The summed E-state index contributed by atoms with van der Waals surface area (Å²) in [7, 11) is -3.64. The standard InChI is InChI=1S/C32H39Cl2N3O4S/c1-5-23(2)35-32(39)30(21-25-12-7-6-8-13-25)36(22-26-14-9-15-27(33)20-26)31(38)18-11-19-37(42(4,40)41)29-17-10-16-28(34)24(29)3/h6-10,12-17,20,23,30H,5,11,18-19,21-22H2,1-4H3,(H,35,39)/t23-,30+/m0/s1. The molecule has 0 aliphatic rings. The van der Waals surface area contributed by atoms with Crippen LogP contribution in [0.25, 0.3) is 0 Å². The highest BCUT2D eigenvalue weighted by Crippen LogP contribution is 2.28. The van der Waals surface area contributed by atoms with Crippen LogP contribution in [0, 0.1) is 6.92 Å². The summed E-state index contributed by atoms with van der Waals surface area (Å²) < 4.78 is 26.7. The van der Waals surface area contributed by atoms with E-state index in [4.69, 9.17) is 23.2 Å². The molecule has 0 saturated carbocycles. The lowest BCUT2D eigenvalue weighted by molar-refractivity contribution is -0.141. The summed E-state index contributed by atoms with van der Waals surface area (Å²) in [6.07, 6.45) is 2.49. The van der Waals surface area contributed by atoms with E-state index in [-0.39, 0.29) is 43.8 Å². The largest absolute Gasteiger partial charge is 0.352 e. The third-order valence-electron chi connectivity index (χ3n) is 7.17. The van der Waals surface area contributed by atoms with Crippen LogP contribution in [-0.4, -0.2) is 50.0 Å². The lowest BCUT2D eigenvalue weighted by Crippen LogP contribution is -2.52. The number of benzene rings is 3. The van der Waals surface area contributed by atoms with E-state index >= 15 is 0 Å². The van der Waals surface area contributed by atoms with Crippen LogP contribution in [0.1, 0.15) is 49.8 Å². The van der Waals surface area contributed by atoms with Crippen LogP contribution in [-0.2, 0) is 32.6 Å². The van der Waals surface area contributed by atoms with Crippen molar-refractivity contribution in [3.05, 3.63) is 99.5 Å². The van der Waals surface area contributed by atoms with Crippen LogP contribution in [0.4, 0.5) is 5.69 Å². The van der Waals surface area contributed by atoms with E-state index in [1.165, 1.54) is 4.31 Å². The van der Waals surface area contributed by atoms with Gasteiger partial charge in [0.2, 0.25) is 21.8 Å². The molecule has 0 bridgehead atoms. The number of nitrogens with zero attached hydrogens (tertiary/aromatic N) is 2. The molecule has 2 amide bonds. The second-order valence-corrected chi connectivity index (χ2v) is 13.2. The Labute approximate surface area is 259 Å². The average molecular weight is 633 g/mol. The van der Waals surface area contributed by atoms with Crippen molar-refractivity contribution in [2.75, 3.05) is 17.1 Å². The fourth-order valence-electron chi connectivity index (χ4n) is 4.68. The molecule has 0 unspecified atom stereocenters. The second-order valence-electron chi connectivity index (χ2n) is 10.5. The Morgan fingerprint density at radius 2 is 1.62 bits per heavy atom. The van der Waals surface area contributed by atoms with Crippen molar-refractivity contribution in [2.45, 2.75) is 65.1 Å². The summed E-state index contributed by atoms with van der Waals surface area (Å²) in [4.78, 5) is 29.2. The Bertz CT molecular complexity index is 1470. The molecule has 7 nitrogen and oxygen atoms in total. The Morgan fingerprint density at radius 3 is 2.26 bits per heavy atom. The number of amides is 2. The Hall–Kier alpha value is -3.07. The molecule has 0 saturated heterocycles. The molecule has 0 fully saturated rings. The van der Waals surface area contributed by atoms with Crippen molar-refractivity contribution in [1.82, 2.24) is 10.2 Å². The predicted molar refractivity (Wildman–Crippen MR) is 171 cm³/mol. The average Bonchev–Trinajstić information content (AvgIpc) is 2.94. The molecule has 3 rings (SSSR count). The molecule has 0 aliphatic heterocycles. The quantitative estimate of drug-likeness (QED) is 0.223. The molecule has 226 valence electrons. The number of sulfonamides is 1. The minimum Gasteiger partial charge on any atom is -0.352 e. The first-order chi connectivity index (χ1) is 19.9. The summed E-state index contributed by atoms with van der Waals surface area (Å²) in [5.41, 5.74) is 2.83. The van der Waals surface area contributed by atoms with Crippen molar-refractivity contribution in [2.24, 2.45) is 0 Å². The van der Waals surface area contributed by atoms with Crippen LogP contribution in [0.3, 0.4) is 0 Å². The SMILES string of the molecule is CC[C@H](C)NC(=O)[C@@H](Cc1ccccc1)N(Cc1cccc(Cl)c1)C(=O)CCCN(c1cccc(Cl)c1C)S(C)(=O)=O. The Kier molecular flexibility index (Phi) is 12.3. The van der Waals surface area contributed by atoms with E-state index in [0.717, 1.165) is 23.8 Å². The van der Waals surface area contributed by atoms with Gasteiger partial charge in [-0.25, -0.2) is 8.42 Å². The second kappa shape index (κ2) is 15.4. The van der Waals surface area contributed by atoms with Gasteiger partial charge >= 0.3 is 0 Å². The molecule has 2 atom stereocenters. The van der Waals surface area contributed by atoms with Gasteiger partial charge in [-0.15, -0.1) is 0 Å². The summed E-state index contributed by atoms with van der Waals surface area (Å²) >= 11 is 12.5. The van der Waals surface area contributed by atoms with E-state index in [0.29, 0.717) is 27.7 Å². The fourth-order valence-corrected chi connectivity index (χ4v) is 6.07. The lowest BCUT2D eigenvalue weighted by Gasteiger charge is -2.33. The first-order valence-electron chi connectivity index (χ1n) is 14.0. The minimum atomic E-state index is -3.64. The molecule has 10 heteroatoms. The molecule has 3 aromatic carbocycles. The smallest absolute Gasteiger partial charge is 0.243 e. The highest BCUT2D eigenvalue weighted by molar-refractivity contribution is 7.92. The number of hydrogen-bond acceptors (Lipinski definition) is 4. The first-order valence-corrected chi connectivity index (χ1v) is 16.6. The van der Waals surface area contributed by atoms with E-state index in [1.807, 2.05) is 56.3 Å². The molecule has 0 aliphatic carbocycles. The van der Waals surface area contributed by atoms with Gasteiger partial charge < -0.3 is 10.2 Å². The number of carbonyl (C=O) groups excluding carboxylic acids is 2. The van der Waals surface area contributed by atoms with Gasteiger partial charge in [0.15, 0.2) is 0 Å². The zero-order valence-electron chi connectivity index (χ0n) is 24.5. The molecular weight excluding hydrogens is 593 g/mol. The van der Waals surface area contributed by atoms with Gasteiger partial charge in [0.05, 0.1) is 11.9 Å². The normalized spacial score (nSPS) is 12.8. The van der Waals surface area contributed by atoms with Crippen molar-refractivity contribution in [1.29, 1.82) is 0 Å².